The lowest BCUT2D eigenvalue weighted by molar-refractivity contribution is -0.128. The molecule has 4 nitrogen and oxygen atoms in total. The van der Waals surface area contributed by atoms with Crippen molar-refractivity contribution in [3.05, 3.63) is 29.8 Å². The minimum absolute atomic E-state index is 0. The van der Waals surface area contributed by atoms with Crippen LogP contribution in [0.1, 0.15) is 32.8 Å². The van der Waals surface area contributed by atoms with Crippen LogP contribution in [0.5, 0.6) is 5.75 Å². The molecule has 2 N–H and O–H groups in total. The smallest absolute Gasteiger partial charge is 0.261 e. The molecule has 0 aliphatic carbocycles. The Morgan fingerprint density at radius 2 is 2.05 bits per heavy atom. The standard InChI is InChI=1S/C16H26N2O2.ClH/c1-5-15(16(19)18-11-13(4)17-6-2)20-14-9-7-8-12(3)10-14;/h7-10,13,15,17H,5-6,11H2,1-4H3,(H,18,19);1H/t13-,15?;/m1./s1. The van der Waals surface area contributed by atoms with Crippen LogP contribution in [-0.2, 0) is 4.79 Å². The zero-order valence-electron chi connectivity index (χ0n) is 13.3. The van der Waals surface area contributed by atoms with Crippen molar-refractivity contribution in [3.8, 4) is 5.75 Å². The van der Waals surface area contributed by atoms with Crippen LogP contribution < -0.4 is 15.4 Å². The minimum atomic E-state index is -0.439. The molecular weight excluding hydrogens is 288 g/mol. The molecule has 0 radical (unpaired) electrons. The van der Waals surface area contributed by atoms with Crippen molar-refractivity contribution in [1.29, 1.82) is 0 Å². The predicted octanol–water partition coefficient (Wildman–Crippen LogP) is 2.69. The molecule has 1 aromatic rings. The third-order valence-corrected chi connectivity index (χ3v) is 3.07. The summed E-state index contributed by atoms with van der Waals surface area (Å²) in [5.41, 5.74) is 1.12. The number of carbonyl (C=O) groups is 1. The molecule has 0 heterocycles. The van der Waals surface area contributed by atoms with Gasteiger partial charge in [0.25, 0.3) is 5.91 Å². The molecule has 0 saturated heterocycles. The summed E-state index contributed by atoms with van der Waals surface area (Å²) < 4.78 is 5.77. The zero-order chi connectivity index (χ0) is 15.0. The summed E-state index contributed by atoms with van der Waals surface area (Å²) in [6, 6.07) is 8.02. The Morgan fingerprint density at radius 3 is 2.62 bits per heavy atom. The highest BCUT2D eigenvalue weighted by Crippen LogP contribution is 2.15. The molecule has 1 amide bonds. The van der Waals surface area contributed by atoms with E-state index in [1.807, 2.05) is 52.0 Å². The highest BCUT2D eigenvalue weighted by Gasteiger charge is 2.18. The first-order chi connectivity index (χ1) is 9.56. The average molecular weight is 315 g/mol. The van der Waals surface area contributed by atoms with E-state index < -0.39 is 6.10 Å². The Kier molecular flexibility index (Phi) is 9.84. The molecule has 0 bridgehead atoms. The van der Waals surface area contributed by atoms with Crippen molar-refractivity contribution in [3.63, 3.8) is 0 Å². The van der Waals surface area contributed by atoms with Gasteiger partial charge in [-0.25, -0.2) is 0 Å². The Labute approximate surface area is 134 Å². The van der Waals surface area contributed by atoms with E-state index in [2.05, 4.69) is 10.6 Å². The molecule has 0 aromatic heterocycles. The molecule has 120 valence electrons. The lowest BCUT2D eigenvalue weighted by Gasteiger charge is -2.19. The van der Waals surface area contributed by atoms with E-state index in [-0.39, 0.29) is 24.4 Å². The highest BCUT2D eigenvalue weighted by atomic mass is 35.5. The van der Waals surface area contributed by atoms with Crippen molar-refractivity contribution < 1.29 is 9.53 Å². The Bertz CT molecular complexity index is 426. The third-order valence-electron chi connectivity index (χ3n) is 3.07. The first-order valence-corrected chi connectivity index (χ1v) is 7.31. The maximum atomic E-state index is 12.1. The number of hydrogen-bond donors (Lipinski definition) is 2. The van der Waals surface area contributed by atoms with Crippen molar-refractivity contribution in [2.75, 3.05) is 13.1 Å². The Balaban J connectivity index is 0.00000400. The van der Waals surface area contributed by atoms with Crippen LogP contribution in [0.4, 0.5) is 0 Å². The van der Waals surface area contributed by atoms with Gasteiger partial charge in [0, 0.05) is 12.6 Å². The summed E-state index contributed by atoms with van der Waals surface area (Å²) in [4.78, 5) is 12.1. The first-order valence-electron chi connectivity index (χ1n) is 7.31. The second-order valence-electron chi connectivity index (χ2n) is 5.04. The van der Waals surface area contributed by atoms with E-state index in [1.54, 1.807) is 0 Å². The van der Waals surface area contributed by atoms with E-state index in [1.165, 1.54) is 0 Å². The largest absolute Gasteiger partial charge is 0.481 e. The number of ether oxygens (including phenoxy) is 1. The van der Waals surface area contributed by atoms with Crippen LogP contribution in [0.2, 0.25) is 0 Å². The molecular formula is C16H27ClN2O2. The fraction of sp³-hybridized carbons (Fsp3) is 0.562. The van der Waals surface area contributed by atoms with Gasteiger partial charge in [0.05, 0.1) is 0 Å². The van der Waals surface area contributed by atoms with Gasteiger partial charge >= 0.3 is 0 Å². The average Bonchev–Trinajstić information content (AvgIpc) is 2.42. The van der Waals surface area contributed by atoms with Gasteiger partial charge in [-0.1, -0.05) is 26.0 Å². The van der Waals surface area contributed by atoms with Gasteiger partial charge in [-0.15, -0.1) is 12.4 Å². The first kappa shape index (κ1) is 19.7. The second kappa shape index (κ2) is 10.5. The Hall–Kier alpha value is -1.26. The van der Waals surface area contributed by atoms with Gasteiger partial charge in [-0.3, -0.25) is 4.79 Å². The summed E-state index contributed by atoms with van der Waals surface area (Å²) in [5, 5.41) is 6.19. The lowest BCUT2D eigenvalue weighted by Crippen LogP contribution is -2.44. The van der Waals surface area contributed by atoms with E-state index in [9.17, 15) is 4.79 Å². The summed E-state index contributed by atoms with van der Waals surface area (Å²) in [7, 11) is 0. The van der Waals surface area contributed by atoms with Crippen molar-refractivity contribution in [2.24, 2.45) is 0 Å². The maximum absolute atomic E-state index is 12.1. The fourth-order valence-electron chi connectivity index (χ4n) is 1.96. The number of likely N-dealkylation sites (N-methyl/N-ethyl adjacent to an activating group) is 1. The van der Waals surface area contributed by atoms with Crippen molar-refractivity contribution >= 4 is 18.3 Å². The normalized spacial score (nSPS) is 13.0. The van der Waals surface area contributed by atoms with E-state index in [0.29, 0.717) is 13.0 Å². The summed E-state index contributed by atoms with van der Waals surface area (Å²) in [5.74, 6) is 0.686. The maximum Gasteiger partial charge on any atom is 0.261 e. The van der Waals surface area contributed by atoms with Crippen LogP contribution in [0.25, 0.3) is 0 Å². The van der Waals surface area contributed by atoms with Crippen LogP contribution in [0, 0.1) is 6.92 Å². The number of hydrogen-bond acceptors (Lipinski definition) is 3. The number of nitrogens with one attached hydrogen (secondary N) is 2. The Morgan fingerprint density at radius 1 is 1.33 bits per heavy atom. The predicted molar refractivity (Wildman–Crippen MR) is 89.3 cm³/mol. The van der Waals surface area contributed by atoms with Gasteiger partial charge in [-0.05, 0) is 44.5 Å². The monoisotopic (exact) mass is 314 g/mol. The van der Waals surface area contributed by atoms with Crippen LogP contribution in [0.3, 0.4) is 0 Å². The van der Waals surface area contributed by atoms with E-state index in [4.69, 9.17) is 4.74 Å². The fourth-order valence-corrected chi connectivity index (χ4v) is 1.96. The third kappa shape index (κ3) is 7.34. The van der Waals surface area contributed by atoms with Gasteiger partial charge < -0.3 is 15.4 Å². The number of benzene rings is 1. The van der Waals surface area contributed by atoms with Gasteiger partial charge in [0.1, 0.15) is 5.75 Å². The van der Waals surface area contributed by atoms with Crippen LogP contribution in [-0.4, -0.2) is 31.1 Å². The molecule has 1 aromatic carbocycles. The zero-order valence-corrected chi connectivity index (χ0v) is 14.1. The molecule has 0 fully saturated rings. The minimum Gasteiger partial charge on any atom is -0.481 e. The summed E-state index contributed by atoms with van der Waals surface area (Å²) in [6.45, 7) is 9.56. The van der Waals surface area contributed by atoms with E-state index in [0.717, 1.165) is 17.9 Å². The molecule has 5 heteroatoms. The molecule has 1 unspecified atom stereocenters. The second-order valence-corrected chi connectivity index (χ2v) is 5.04. The topological polar surface area (TPSA) is 50.4 Å². The number of rotatable bonds is 8. The lowest BCUT2D eigenvalue weighted by atomic mass is 10.2. The SMILES string of the molecule is CCN[C@H](C)CNC(=O)C(CC)Oc1cccc(C)c1.Cl. The summed E-state index contributed by atoms with van der Waals surface area (Å²) in [6.07, 6.45) is 0.209. The quantitative estimate of drug-likeness (QED) is 0.775. The van der Waals surface area contributed by atoms with Gasteiger partial charge in [0.15, 0.2) is 6.10 Å². The molecule has 0 aliphatic heterocycles. The molecule has 0 aliphatic rings. The van der Waals surface area contributed by atoms with E-state index >= 15 is 0 Å². The van der Waals surface area contributed by atoms with Crippen molar-refractivity contribution in [1.82, 2.24) is 10.6 Å². The number of amides is 1. The highest BCUT2D eigenvalue weighted by molar-refractivity contribution is 5.85. The van der Waals surface area contributed by atoms with Gasteiger partial charge in [-0.2, -0.15) is 0 Å². The molecule has 2 atom stereocenters. The van der Waals surface area contributed by atoms with Gasteiger partial charge in [0.2, 0.25) is 0 Å². The van der Waals surface area contributed by atoms with Crippen LogP contribution >= 0.6 is 12.4 Å². The number of aryl methyl sites for hydroxylation is 1. The van der Waals surface area contributed by atoms with Crippen molar-refractivity contribution in [2.45, 2.75) is 46.3 Å². The van der Waals surface area contributed by atoms with Crippen LogP contribution in [0.15, 0.2) is 24.3 Å². The molecule has 1 rings (SSSR count). The molecule has 0 spiro atoms. The molecule has 0 saturated carbocycles. The summed E-state index contributed by atoms with van der Waals surface area (Å²) >= 11 is 0. The number of halogens is 1. The number of carbonyl (C=O) groups excluding carboxylic acids is 1. The molecule has 21 heavy (non-hydrogen) atoms.